The first-order chi connectivity index (χ1) is 7.47. The quantitative estimate of drug-likeness (QED) is 0.861. The number of rotatable bonds is 5. The summed E-state index contributed by atoms with van der Waals surface area (Å²) in [6.45, 7) is 8.15. The van der Waals surface area contributed by atoms with Gasteiger partial charge in [0.15, 0.2) is 5.13 Å². The summed E-state index contributed by atoms with van der Waals surface area (Å²) in [5, 5.41) is 10.6. The molecule has 2 atom stereocenters. The van der Waals surface area contributed by atoms with Crippen LogP contribution < -0.4 is 4.90 Å². The standard InChI is InChI=1S/C12H22N2OS/c1-6-7-8(2)14(5)12-13-9(3)11(16-12)10(4)15/h8,10,15H,6-7H2,1-5H3. The number of thiazole rings is 1. The number of aryl methyl sites for hydroxylation is 1. The Morgan fingerprint density at radius 1 is 1.44 bits per heavy atom. The van der Waals surface area contributed by atoms with Crippen LogP contribution in [0.4, 0.5) is 5.13 Å². The van der Waals surface area contributed by atoms with Crippen molar-refractivity contribution in [3.8, 4) is 0 Å². The molecule has 92 valence electrons. The van der Waals surface area contributed by atoms with Crippen molar-refractivity contribution in [2.75, 3.05) is 11.9 Å². The van der Waals surface area contributed by atoms with Gasteiger partial charge in [-0.15, -0.1) is 0 Å². The van der Waals surface area contributed by atoms with Crippen molar-refractivity contribution in [3.63, 3.8) is 0 Å². The molecular formula is C12H22N2OS. The average Bonchev–Trinajstić information content (AvgIpc) is 2.59. The zero-order valence-electron chi connectivity index (χ0n) is 10.8. The second-order valence-corrected chi connectivity index (χ2v) is 5.38. The number of hydrogen-bond donors (Lipinski definition) is 1. The first-order valence-corrected chi connectivity index (χ1v) is 6.67. The number of nitrogens with zero attached hydrogens (tertiary/aromatic N) is 2. The molecule has 1 aromatic heterocycles. The third kappa shape index (κ3) is 2.95. The molecule has 0 saturated carbocycles. The summed E-state index contributed by atoms with van der Waals surface area (Å²) < 4.78 is 0. The fourth-order valence-electron chi connectivity index (χ4n) is 1.73. The van der Waals surface area contributed by atoms with Crippen molar-refractivity contribution >= 4 is 16.5 Å². The van der Waals surface area contributed by atoms with E-state index in [1.165, 1.54) is 12.8 Å². The van der Waals surface area contributed by atoms with E-state index in [4.69, 9.17) is 0 Å². The molecule has 0 saturated heterocycles. The SMILES string of the molecule is CCCC(C)N(C)c1nc(C)c(C(C)O)s1. The highest BCUT2D eigenvalue weighted by molar-refractivity contribution is 7.15. The van der Waals surface area contributed by atoms with Gasteiger partial charge in [-0.25, -0.2) is 4.98 Å². The van der Waals surface area contributed by atoms with Crippen LogP contribution in [0, 0.1) is 6.92 Å². The van der Waals surface area contributed by atoms with Gasteiger partial charge in [0.2, 0.25) is 0 Å². The van der Waals surface area contributed by atoms with Gasteiger partial charge in [0, 0.05) is 13.1 Å². The van der Waals surface area contributed by atoms with E-state index in [1.54, 1.807) is 18.3 Å². The summed E-state index contributed by atoms with van der Waals surface area (Å²) in [5.74, 6) is 0. The summed E-state index contributed by atoms with van der Waals surface area (Å²) in [4.78, 5) is 7.70. The zero-order valence-corrected chi connectivity index (χ0v) is 11.6. The Kier molecular flexibility index (Phi) is 4.74. The minimum absolute atomic E-state index is 0.416. The summed E-state index contributed by atoms with van der Waals surface area (Å²) >= 11 is 1.59. The molecule has 1 heterocycles. The van der Waals surface area contributed by atoms with Crippen LogP contribution in [0.15, 0.2) is 0 Å². The van der Waals surface area contributed by atoms with Crippen LogP contribution in [0.25, 0.3) is 0 Å². The largest absolute Gasteiger partial charge is 0.388 e. The number of aliphatic hydroxyl groups is 1. The topological polar surface area (TPSA) is 36.4 Å². The lowest BCUT2D eigenvalue weighted by Gasteiger charge is -2.23. The molecular weight excluding hydrogens is 220 g/mol. The number of aliphatic hydroxyl groups excluding tert-OH is 1. The van der Waals surface area contributed by atoms with Crippen LogP contribution >= 0.6 is 11.3 Å². The Bertz CT molecular complexity index is 336. The lowest BCUT2D eigenvalue weighted by Crippen LogP contribution is -2.28. The fraction of sp³-hybridized carbons (Fsp3) is 0.750. The third-order valence-corrected chi connectivity index (χ3v) is 4.29. The predicted molar refractivity (Wildman–Crippen MR) is 70.3 cm³/mol. The summed E-state index contributed by atoms with van der Waals surface area (Å²) in [5.41, 5.74) is 0.950. The Morgan fingerprint density at radius 3 is 2.50 bits per heavy atom. The van der Waals surface area contributed by atoms with Gasteiger partial charge in [-0.2, -0.15) is 0 Å². The highest BCUT2D eigenvalue weighted by Gasteiger charge is 2.17. The summed E-state index contributed by atoms with van der Waals surface area (Å²) in [7, 11) is 2.07. The van der Waals surface area contributed by atoms with Gasteiger partial charge >= 0.3 is 0 Å². The average molecular weight is 242 g/mol. The number of anilines is 1. The molecule has 16 heavy (non-hydrogen) atoms. The van der Waals surface area contributed by atoms with E-state index in [2.05, 4.69) is 30.8 Å². The van der Waals surface area contributed by atoms with Crippen molar-refractivity contribution in [1.82, 2.24) is 4.98 Å². The molecule has 0 aromatic carbocycles. The molecule has 3 nitrogen and oxygen atoms in total. The van der Waals surface area contributed by atoms with Crippen molar-refractivity contribution < 1.29 is 5.11 Å². The summed E-state index contributed by atoms with van der Waals surface area (Å²) in [6, 6.07) is 0.498. The Morgan fingerprint density at radius 2 is 2.06 bits per heavy atom. The molecule has 1 N–H and O–H groups in total. The van der Waals surface area contributed by atoms with Gasteiger partial charge in [-0.1, -0.05) is 24.7 Å². The number of aromatic nitrogens is 1. The van der Waals surface area contributed by atoms with Crippen molar-refractivity contribution in [3.05, 3.63) is 10.6 Å². The first kappa shape index (κ1) is 13.5. The van der Waals surface area contributed by atoms with Gasteiger partial charge in [0.05, 0.1) is 16.7 Å². The Labute approximate surface area is 102 Å². The van der Waals surface area contributed by atoms with E-state index >= 15 is 0 Å². The molecule has 0 aliphatic carbocycles. The van der Waals surface area contributed by atoms with E-state index < -0.39 is 6.10 Å². The Hall–Kier alpha value is -0.610. The van der Waals surface area contributed by atoms with Crippen molar-refractivity contribution in [2.45, 2.75) is 52.7 Å². The van der Waals surface area contributed by atoms with E-state index in [1.807, 2.05) is 6.92 Å². The molecule has 2 unspecified atom stereocenters. The normalized spacial score (nSPS) is 14.9. The second kappa shape index (κ2) is 5.64. The van der Waals surface area contributed by atoms with Crippen molar-refractivity contribution in [1.29, 1.82) is 0 Å². The predicted octanol–water partition coefficient (Wildman–Crippen LogP) is 3.13. The van der Waals surface area contributed by atoms with Gasteiger partial charge in [0.1, 0.15) is 0 Å². The highest BCUT2D eigenvalue weighted by atomic mass is 32.1. The first-order valence-electron chi connectivity index (χ1n) is 5.85. The molecule has 0 aliphatic rings. The molecule has 1 rings (SSSR count). The molecule has 0 spiro atoms. The van der Waals surface area contributed by atoms with Crippen molar-refractivity contribution in [2.24, 2.45) is 0 Å². The zero-order chi connectivity index (χ0) is 12.3. The van der Waals surface area contributed by atoms with E-state index in [0.717, 1.165) is 15.7 Å². The third-order valence-electron chi connectivity index (χ3n) is 2.87. The lowest BCUT2D eigenvalue weighted by atomic mass is 10.2. The monoisotopic (exact) mass is 242 g/mol. The maximum atomic E-state index is 9.59. The minimum atomic E-state index is -0.416. The van der Waals surface area contributed by atoms with Gasteiger partial charge in [-0.3, -0.25) is 0 Å². The van der Waals surface area contributed by atoms with Crippen LogP contribution in [-0.2, 0) is 0 Å². The molecule has 0 bridgehead atoms. The molecule has 1 aromatic rings. The maximum absolute atomic E-state index is 9.59. The lowest BCUT2D eigenvalue weighted by molar-refractivity contribution is 0.202. The molecule has 0 aliphatic heterocycles. The molecule has 0 amide bonds. The van der Waals surface area contributed by atoms with Crippen LogP contribution in [-0.4, -0.2) is 23.2 Å². The van der Waals surface area contributed by atoms with Crippen LogP contribution in [0.2, 0.25) is 0 Å². The highest BCUT2D eigenvalue weighted by Crippen LogP contribution is 2.31. The number of hydrogen-bond acceptors (Lipinski definition) is 4. The molecule has 0 fully saturated rings. The second-order valence-electron chi connectivity index (χ2n) is 4.37. The van der Waals surface area contributed by atoms with E-state index in [-0.39, 0.29) is 0 Å². The molecule has 4 heteroatoms. The van der Waals surface area contributed by atoms with Crippen LogP contribution in [0.3, 0.4) is 0 Å². The van der Waals surface area contributed by atoms with Crippen LogP contribution in [0.5, 0.6) is 0 Å². The van der Waals surface area contributed by atoms with Gasteiger partial charge in [0.25, 0.3) is 0 Å². The van der Waals surface area contributed by atoms with Crippen LogP contribution in [0.1, 0.15) is 50.3 Å². The van der Waals surface area contributed by atoms with E-state index in [0.29, 0.717) is 6.04 Å². The fourth-order valence-corrected chi connectivity index (χ4v) is 2.80. The van der Waals surface area contributed by atoms with E-state index in [9.17, 15) is 5.11 Å². The minimum Gasteiger partial charge on any atom is -0.388 e. The van der Waals surface area contributed by atoms with Gasteiger partial charge in [-0.05, 0) is 27.2 Å². The smallest absolute Gasteiger partial charge is 0.185 e. The Balaban J connectivity index is 2.84. The summed E-state index contributed by atoms with van der Waals surface area (Å²) in [6.07, 6.45) is 1.93. The molecule has 0 radical (unpaired) electrons. The maximum Gasteiger partial charge on any atom is 0.185 e. The van der Waals surface area contributed by atoms with Gasteiger partial charge < -0.3 is 10.0 Å².